The highest BCUT2D eigenvalue weighted by Crippen LogP contribution is 2.34. The molecule has 0 unspecified atom stereocenters. The Kier molecular flexibility index (Phi) is 4.78. The van der Waals surface area contributed by atoms with Crippen molar-refractivity contribution in [2.24, 2.45) is 5.92 Å². The molecule has 4 rings (SSSR count). The van der Waals surface area contributed by atoms with Crippen molar-refractivity contribution >= 4 is 39.7 Å². The minimum atomic E-state index is -0.191. The minimum Gasteiger partial charge on any atom is -0.322 e. The van der Waals surface area contributed by atoms with E-state index in [9.17, 15) is 9.59 Å². The number of hydrogen-bond donors (Lipinski definition) is 2. The van der Waals surface area contributed by atoms with Crippen molar-refractivity contribution in [2.45, 2.75) is 64.2 Å². The van der Waals surface area contributed by atoms with Crippen LogP contribution in [0.4, 0.5) is 0 Å². The van der Waals surface area contributed by atoms with Crippen molar-refractivity contribution in [2.75, 3.05) is 5.43 Å². The second kappa shape index (κ2) is 7.03. The zero-order valence-electron chi connectivity index (χ0n) is 14.2. The molecule has 1 saturated carbocycles. The molecule has 0 radical (unpaired) electrons. The lowest BCUT2D eigenvalue weighted by Gasteiger charge is -2.21. The molecular weight excluding hydrogens is 354 g/mol. The number of hydrogen-bond acceptors (Lipinski definition) is 4. The van der Waals surface area contributed by atoms with E-state index in [1.165, 1.54) is 41.7 Å². The third-order valence-corrected chi connectivity index (χ3v) is 6.99. The molecule has 134 valence electrons. The van der Waals surface area contributed by atoms with E-state index < -0.39 is 0 Å². The van der Waals surface area contributed by atoms with Crippen LogP contribution in [-0.4, -0.2) is 15.6 Å². The van der Waals surface area contributed by atoms with E-state index in [0.29, 0.717) is 17.7 Å². The molecule has 25 heavy (non-hydrogen) atoms. The van der Waals surface area contributed by atoms with Gasteiger partial charge in [-0.1, -0.05) is 32.1 Å². The highest BCUT2D eigenvalue weighted by atomic mass is 32.1. The van der Waals surface area contributed by atoms with Gasteiger partial charge in [0.1, 0.15) is 4.83 Å². The Morgan fingerprint density at radius 2 is 2.04 bits per heavy atom. The number of fused-ring (bicyclic) bond motifs is 3. The van der Waals surface area contributed by atoms with Crippen molar-refractivity contribution in [1.82, 2.24) is 9.66 Å². The largest absolute Gasteiger partial charge is 0.322 e. The molecule has 1 fully saturated rings. The molecule has 0 aliphatic heterocycles. The molecule has 2 aliphatic rings. The fourth-order valence-electron chi connectivity index (χ4n) is 4.17. The number of nitrogens with zero attached hydrogens (tertiary/aromatic N) is 1. The van der Waals surface area contributed by atoms with Crippen LogP contribution in [0.15, 0.2) is 4.79 Å². The zero-order chi connectivity index (χ0) is 17.4. The van der Waals surface area contributed by atoms with Gasteiger partial charge >= 0.3 is 0 Å². The third kappa shape index (κ3) is 3.31. The second-order valence-corrected chi connectivity index (χ2v) is 8.70. The summed E-state index contributed by atoms with van der Waals surface area (Å²) >= 11 is 6.92. The molecular formula is C18H23N3O2S2. The summed E-state index contributed by atoms with van der Waals surface area (Å²) in [4.78, 5) is 30.5. The van der Waals surface area contributed by atoms with Gasteiger partial charge in [-0.25, -0.2) is 0 Å². The van der Waals surface area contributed by atoms with Crippen molar-refractivity contribution < 1.29 is 4.79 Å². The fraction of sp³-hybridized carbons (Fsp3) is 0.611. The van der Waals surface area contributed by atoms with Crippen LogP contribution in [-0.2, 0) is 17.6 Å². The standard InChI is InChI=1S/C18H23N3O2S2/c22-14(10-9-11-5-2-1-3-6-11)20-21-17(23)15-12-7-4-8-13(12)25-16(15)19-18(21)24/h11H,1-10H2,(H,19,24)(H,20,22). The Hall–Kier alpha value is -1.47. The van der Waals surface area contributed by atoms with Crippen LogP contribution in [0.5, 0.6) is 0 Å². The maximum absolute atomic E-state index is 12.9. The molecule has 2 heterocycles. The summed E-state index contributed by atoms with van der Waals surface area (Å²) in [6.07, 6.45) is 10.7. The first-order chi connectivity index (χ1) is 12.1. The molecule has 7 heteroatoms. The maximum atomic E-state index is 12.9. The number of carbonyl (C=O) groups excluding carboxylic acids is 1. The maximum Gasteiger partial charge on any atom is 0.282 e. The highest BCUT2D eigenvalue weighted by molar-refractivity contribution is 7.71. The molecule has 0 bridgehead atoms. The summed E-state index contributed by atoms with van der Waals surface area (Å²) in [6, 6.07) is 0. The van der Waals surface area contributed by atoms with Gasteiger partial charge in [0.2, 0.25) is 10.7 Å². The number of amides is 1. The zero-order valence-corrected chi connectivity index (χ0v) is 15.9. The summed E-state index contributed by atoms with van der Waals surface area (Å²) < 4.78 is 1.50. The lowest BCUT2D eigenvalue weighted by Crippen LogP contribution is -2.34. The predicted octanol–water partition coefficient (Wildman–Crippen LogP) is 4.04. The molecule has 1 amide bonds. The summed E-state index contributed by atoms with van der Waals surface area (Å²) in [7, 11) is 0. The quantitative estimate of drug-likeness (QED) is 0.790. The van der Waals surface area contributed by atoms with Crippen LogP contribution >= 0.6 is 23.6 Å². The van der Waals surface area contributed by atoms with E-state index in [1.807, 2.05) is 0 Å². The van der Waals surface area contributed by atoms with Gasteiger partial charge in [-0.15, -0.1) is 11.3 Å². The number of H-pyrrole nitrogens is 1. The first kappa shape index (κ1) is 17.0. The van der Waals surface area contributed by atoms with Crippen molar-refractivity contribution in [3.05, 3.63) is 25.6 Å². The molecule has 0 atom stereocenters. The number of carbonyl (C=O) groups is 1. The second-order valence-electron chi connectivity index (χ2n) is 7.21. The van der Waals surface area contributed by atoms with Crippen LogP contribution in [0.25, 0.3) is 10.2 Å². The summed E-state index contributed by atoms with van der Waals surface area (Å²) in [6.45, 7) is 0. The highest BCUT2D eigenvalue weighted by Gasteiger charge is 2.22. The first-order valence-electron chi connectivity index (χ1n) is 9.23. The normalized spacial score (nSPS) is 17.8. The Bertz CT molecular complexity index is 919. The smallest absolute Gasteiger partial charge is 0.282 e. The Labute approximate surface area is 155 Å². The number of aromatic nitrogens is 2. The number of aromatic amines is 1. The van der Waals surface area contributed by atoms with E-state index in [4.69, 9.17) is 12.2 Å². The number of rotatable bonds is 4. The molecule has 2 N–H and O–H groups in total. The van der Waals surface area contributed by atoms with Crippen LogP contribution in [0, 0.1) is 10.7 Å². The lowest BCUT2D eigenvalue weighted by molar-refractivity contribution is -0.117. The van der Waals surface area contributed by atoms with E-state index in [-0.39, 0.29) is 16.2 Å². The van der Waals surface area contributed by atoms with Gasteiger partial charge in [0.25, 0.3) is 5.56 Å². The lowest BCUT2D eigenvalue weighted by atomic mass is 9.86. The van der Waals surface area contributed by atoms with Crippen LogP contribution in [0.2, 0.25) is 0 Å². The number of nitrogens with one attached hydrogen (secondary N) is 2. The molecule has 0 saturated heterocycles. The molecule has 2 aliphatic carbocycles. The van der Waals surface area contributed by atoms with E-state index in [1.54, 1.807) is 11.3 Å². The topological polar surface area (TPSA) is 66.9 Å². The van der Waals surface area contributed by atoms with Crippen molar-refractivity contribution in [3.63, 3.8) is 0 Å². The minimum absolute atomic E-state index is 0.126. The van der Waals surface area contributed by atoms with E-state index in [0.717, 1.165) is 36.1 Å². The van der Waals surface area contributed by atoms with Gasteiger partial charge in [-0.2, -0.15) is 4.68 Å². The van der Waals surface area contributed by atoms with Crippen molar-refractivity contribution in [1.29, 1.82) is 0 Å². The first-order valence-corrected chi connectivity index (χ1v) is 10.5. The van der Waals surface area contributed by atoms with Gasteiger partial charge in [-0.05, 0) is 49.4 Å². The molecule has 5 nitrogen and oxygen atoms in total. The summed E-state index contributed by atoms with van der Waals surface area (Å²) in [5.74, 6) is 0.520. The van der Waals surface area contributed by atoms with E-state index in [2.05, 4.69) is 10.4 Å². The van der Waals surface area contributed by atoms with Crippen LogP contribution in [0.1, 0.15) is 61.8 Å². The van der Waals surface area contributed by atoms with Gasteiger partial charge in [-0.3, -0.25) is 15.0 Å². The van der Waals surface area contributed by atoms with Gasteiger partial charge in [0.15, 0.2) is 0 Å². The fourth-order valence-corrected chi connectivity index (χ4v) is 5.74. The van der Waals surface area contributed by atoms with Crippen LogP contribution < -0.4 is 11.0 Å². The van der Waals surface area contributed by atoms with Gasteiger partial charge in [0, 0.05) is 11.3 Å². The Morgan fingerprint density at radius 3 is 2.84 bits per heavy atom. The average Bonchev–Trinajstić information content (AvgIpc) is 3.18. The van der Waals surface area contributed by atoms with Gasteiger partial charge in [0.05, 0.1) is 5.39 Å². The van der Waals surface area contributed by atoms with Crippen molar-refractivity contribution in [3.8, 4) is 0 Å². The van der Waals surface area contributed by atoms with E-state index >= 15 is 0 Å². The molecule has 0 spiro atoms. The van der Waals surface area contributed by atoms with Crippen LogP contribution in [0.3, 0.4) is 0 Å². The Morgan fingerprint density at radius 1 is 1.24 bits per heavy atom. The SMILES string of the molecule is O=C(CCC1CCCCC1)Nn1c(=S)[nH]c2sc3c(c2c1=O)CCC3. The predicted molar refractivity (Wildman–Crippen MR) is 103 cm³/mol. The molecule has 2 aromatic rings. The molecule has 2 aromatic heterocycles. The number of thiophene rings is 1. The van der Waals surface area contributed by atoms with Gasteiger partial charge < -0.3 is 4.98 Å². The molecule has 0 aromatic carbocycles. The summed E-state index contributed by atoms with van der Waals surface area (Å²) in [5.41, 5.74) is 3.68. The average molecular weight is 378 g/mol. The third-order valence-electron chi connectivity index (χ3n) is 5.50. The monoisotopic (exact) mass is 377 g/mol. The number of aryl methyl sites for hydroxylation is 2. The summed E-state index contributed by atoms with van der Waals surface area (Å²) in [5, 5.41) is 0.707. The Balaban J connectivity index is 1.53.